The molecule has 2 aromatic heterocycles. The predicted octanol–water partition coefficient (Wildman–Crippen LogP) is 2.29. The molecule has 0 saturated carbocycles. The van der Waals surface area contributed by atoms with E-state index >= 15 is 0 Å². The number of aliphatic carboxylic acids is 1. The highest BCUT2D eigenvalue weighted by molar-refractivity contribution is 5.71. The predicted molar refractivity (Wildman–Crippen MR) is 105 cm³/mol. The zero-order valence-corrected chi connectivity index (χ0v) is 16.8. The van der Waals surface area contributed by atoms with Crippen LogP contribution in [0.5, 0.6) is 0 Å². The first-order valence-corrected chi connectivity index (χ1v) is 9.82. The molecule has 0 saturated heterocycles. The quantitative estimate of drug-likeness (QED) is 0.676. The van der Waals surface area contributed by atoms with Gasteiger partial charge in [-0.3, -0.25) is 9.78 Å². The highest BCUT2D eigenvalue weighted by Gasteiger charge is 2.32. The largest absolute Gasteiger partial charge is 0.481 e. The molecule has 2 atom stereocenters. The SMILES string of the molecule is CCCC(C(=O)O)C(Cc1ccc(C2=CCC[N+](C)(C)C2)nc1)c1nn[nH]n1. The van der Waals surface area contributed by atoms with Gasteiger partial charge in [0, 0.05) is 24.1 Å². The van der Waals surface area contributed by atoms with E-state index in [0.717, 1.165) is 41.7 Å². The number of tetrazole rings is 1. The van der Waals surface area contributed by atoms with Crippen LogP contribution in [0, 0.1) is 5.92 Å². The molecule has 1 aliphatic rings. The van der Waals surface area contributed by atoms with E-state index in [4.69, 9.17) is 0 Å². The van der Waals surface area contributed by atoms with Gasteiger partial charge in [-0.25, -0.2) is 0 Å². The molecule has 3 heterocycles. The van der Waals surface area contributed by atoms with E-state index in [1.807, 2.05) is 25.3 Å². The van der Waals surface area contributed by atoms with Crippen LogP contribution in [-0.4, -0.2) is 68.4 Å². The summed E-state index contributed by atoms with van der Waals surface area (Å²) < 4.78 is 0.965. The molecule has 0 radical (unpaired) electrons. The van der Waals surface area contributed by atoms with Crippen LogP contribution in [0.3, 0.4) is 0 Å². The number of carboxylic acid groups (broad SMARTS) is 1. The molecule has 3 rings (SSSR count). The van der Waals surface area contributed by atoms with E-state index in [9.17, 15) is 9.90 Å². The zero-order valence-electron chi connectivity index (χ0n) is 16.8. The second kappa shape index (κ2) is 8.60. The van der Waals surface area contributed by atoms with Gasteiger partial charge in [0.15, 0.2) is 5.82 Å². The minimum Gasteiger partial charge on any atom is -0.481 e. The third-order valence-electron chi connectivity index (χ3n) is 5.43. The molecule has 2 unspecified atom stereocenters. The minimum atomic E-state index is -0.825. The number of carbonyl (C=O) groups is 1. The van der Waals surface area contributed by atoms with E-state index in [1.165, 1.54) is 5.57 Å². The Bertz CT molecular complexity index is 814. The summed E-state index contributed by atoms with van der Waals surface area (Å²) in [5.41, 5.74) is 3.24. The summed E-state index contributed by atoms with van der Waals surface area (Å²) in [7, 11) is 4.47. The Morgan fingerprint density at radius 1 is 1.36 bits per heavy atom. The topological polar surface area (TPSA) is 105 Å². The lowest BCUT2D eigenvalue weighted by molar-refractivity contribution is -0.883. The highest BCUT2D eigenvalue weighted by Crippen LogP contribution is 2.30. The number of carboxylic acids is 1. The van der Waals surface area contributed by atoms with Crippen molar-refractivity contribution in [3.05, 3.63) is 41.5 Å². The van der Waals surface area contributed by atoms with Crippen LogP contribution in [0.15, 0.2) is 24.4 Å². The summed E-state index contributed by atoms with van der Waals surface area (Å²) in [5, 5.41) is 23.9. The van der Waals surface area contributed by atoms with Gasteiger partial charge in [0.1, 0.15) is 6.54 Å². The fourth-order valence-corrected chi connectivity index (χ4v) is 3.92. The van der Waals surface area contributed by atoms with Crippen molar-refractivity contribution in [1.82, 2.24) is 25.6 Å². The number of quaternary nitrogens is 1. The van der Waals surface area contributed by atoms with Crippen LogP contribution >= 0.6 is 0 Å². The summed E-state index contributed by atoms with van der Waals surface area (Å²) in [6.45, 7) is 4.09. The van der Waals surface area contributed by atoms with Crippen molar-refractivity contribution in [3.8, 4) is 0 Å². The number of hydrogen-bond acceptors (Lipinski definition) is 5. The van der Waals surface area contributed by atoms with Crippen LogP contribution in [0.4, 0.5) is 0 Å². The van der Waals surface area contributed by atoms with E-state index in [1.54, 1.807) is 0 Å². The minimum absolute atomic E-state index is 0.339. The lowest BCUT2D eigenvalue weighted by Crippen LogP contribution is -2.43. The number of H-pyrrole nitrogens is 1. The van der Waals surface area contributed by atoms with Gasteiger partial charge < -0.3 is 9.59 Å². The number of aromatic amines is 1. The van der Waals surface area contributed by atoms with Crippen molar-refractivity contribution < 1.29 is 14.4 Å². The molecule has 0 bridgehead atoms. The number of rotatable bonds is 8. The van der Waals surface area contributed by atoms with Crippen molar-refractivity contribution in [2.24, 2.45) is 5.92 Å². The molecule has 0 fully saturated rings. The van der Waals surface area contributed by atoms with Gasteiger partial charge in [0.05, 0.1) is 32.3 Å². The van der Waals surface area contributed by atoms with Gasteiger partial charge in [-0.05, 0) is 24.5 Å². The van der Waals surface area contributed by atoms with Gasteiger partial charge in [-0.15, -0.1) is 10.2 Å². The van der Waals surface area contributed by atoms with Crippen LogP contribution in [-0.2, 0) is 11.2 Å². The number of likely N-dealkylation sites (N-methyl/N-ethyl adjacent to an activating group) is 1. The van der Waals surface area contributed by atoms with E-state index in [-0.39, 0.29) is 5.92 Å². The normalized spacial score (nSPS) is 18.3. The third-order valence-corrected chi connectivity index (χ3v) is 5.43. The molecule has 8 heteroatoms. The van der Waals surface area contributed by atoms with E-state index in [2.05, 4.69) is 45.8 Å². The molecule has 0 amide bonds. The van der Waals surface area contributed by atoms with Crippen molar-refractivity contribution >= 4 is 11.5 Å². The fourth-order valence-electron chi connectivity index (χ4n) is 3.92. The second-order valence-corrected chi connectivity index (χ2v) is 8.20. The third kappa shape index (κ3) is 4.81. The van der Waals surface area contributed by atoms with Crippen LogP contribution in [0.2, 0.25) is 0 Å². The maximum Gasteiger partial charge on any atom is 0.307 e. The molecule has 1 aliphatic heterocycles. The summed E-state index contributed by atoms with van der Waals surface area (Å²) in [6, 6.07) is 4.07. The lowest BCUT2D eigenvalue weighted by atomic mass is 9.83. The molecule has 0 aromatic carbocycles. The summed E-state index contributed by atoms with van der Waals surface area (Å²) >= 11 is 0. The Balaban J connectivity index is 1.80. The number of hydrogen-bond donors (Lipinski definition) is 2. The standard InChI is InChI=1S/C20H28N6O2/c1-4-6-16(20(27)28)17(19-22-24-25-23-19)11-14-8-9-18(21-12-14)15-7-5-10-26(2,3)13-15/h7-9,12,16-17H,4-6,10-11,13H2,1-3H3,(H-,22,23,24,25,27,28)/p+1. The van der Waals surface area contributed by atoms with Gasteiger partial charge in [0.25, 0.3) is 0 Å². The van der Waals surface area contributed by atoms with Crippen molar-refractivity contribution in [2.75, 3.05) is 27.2 Å². The molecule has 0 aliphatic carbocycles. The monoisotopic (exact) mass is 385 g/mol. The Kier molecular flexibility index (Phi) is 6.18. The van der Waals surface area contributed by atoms with Crippen molar-refractivity contribution in [3.63, 3.8) is 0 Å². The molecule has 2 aromatic rings. The first kappa shape index (κ1) is 20.1. The number of nitrogens with one attached hydrogen (secondary N) is 1. The van der Waals surface area contributed by atoms with Crippen molar-refractivity contribution in [2.45, 2.75) is 38.5 Å². The van der Waals surface area contributed by atoms with Gasteiger partial charge in [0.2, 0.25) is 0 Å². The van der Waals surface area contributed by atoms with Gasteiger partial charge in [-0.1, -0.05) is 30.7 Å². The Labute approximate surface area is 165 Å². The Hall–Kier alpha value is -2.61. The summed E-state index contributed by atoms with van der Waals surface area (Å²) in [6.07, 6.45) is 7.05. The first-order chi connectivity index (χ1) is 13.4. The molecule has 28 heavy (non-hydrogen) atoms. The van der Waals surface area contributed by atoms with Crippen molar-refractivity contribution in [1.29, 1.82) is 0 Å². The zero-order chi connectivity index (χ0) is 20.1. The maximum absolute atomic E-state index is 11.8. The molecule has 2 N–H and O–H groups in total. The van der Waals surface area contributed by atoms with E-state index < -0.39 is 11.9 Å². The average Bonchev–Trinajstić information content (AvgIpc) is 3.18. The maximum atomic E-state index is 11.8. The van der Waals surface area contributed by atoms with Gasteiger partial charge >= 0.3 is 5.97 Å². The molecule has 8 nitrogen and oxygen atoms in total. The summed E-state index contributed by atoms with van der Waals surface area (Å²) in [4.78, 5) is 16.5. The average molecular weight is 385 g/mol. The molecule has 0 spiro atoms. The van der Waals surface area contributed by atoms with E-state index in [0.29, 0.717) is 18.7 Å². The highest BCUT2D eigenvalue weighted by atomic mass is 16.4. The van der Waals surface area contributed by atoms with Gasteiger partial charge in [-0.2, -0.15) is 5.21 Å². The first-order valence-electron chi connectivity index (χ1n) is 9.82. The smallest absolute Gasteiger partial charge is 0.307 e. The summed E-state index contributed by atoms with van der Waals surface area (Å²) in [5.74, 6) is -1.28. The van der Waals surface area contributed by atoms with Crippen LogP contribution in [0.25, 0.3) is 5.57 Å². The fraction of sp³-hybridized carbons (Fsp3) is 0.550. The molecular formula is C20H29N6O2+. The molecular weight excluding hydrogens is 356 g/mol. The van der Waals surface area contributed by atoms with Crippen LogP contribution < -0.4 is 0 Å². The number of aromatic nitrogens is 5. The Morgan fingerprint density at radius 2 is 2.18 bits per heavy atom. The Morgan fingerprint density at radius 3 is 2.75 bits per heavy atom. The second-order valence-electron chi connectivity index (χ2n) is 8.20. The lowest BCUT2D eigenvalue weighted by Gasteiger charge is -2.33. The van der Waals surface area contributed by atoms with Crippen LogP contribution in [0.1, 0.15) is 49.2 Å². The molecule has 150 valence electrons. The number of pyridine rings is 1. The number of nitrogens with zero attached hydrogens (tertiary/aromatic N) is 5.